The van der Waals surface area contributed by atoms with Crippen molar-refractivity contribution in [2.75, 3.05) is 31.8 Å². The van der Waals surface area contributed by atoms with Crippen molar-refractivity contribution < 1.29 is 9.47 Å². The van der Waals surface area contributed by atoms with Gasteiger partial charge in [0.2, 0.25) is 0 Å². The van der Waals surface area contributed by atoms with Crippen LogP contribution in [0, 0.1) is 22.7 Å². The van der Waals surface area contributed by atoms with Crippen LogP contribution in [0.1, 0.15) is 11.1 Å². The Morgan fingerprint density at radius 2 is 1.93 bits per heavy atom. The highest BCUT2D eigenvalue weighted by atomic mass is 32.2. The second-order valence-corrected chi connectivity index (χ2v) is 6.86. The summed E-state index contributed by atoms with van der Waals surface area (Å²) in [5.74, 6) is 1.20. The molecule has 152 valence electrons. The molecule has 0 spiro atoms. The van der Waals surface area contributed by atoms with Gasteiger partial charge in [-0.15, -0.1) is 11.8 Å². The summed E-state index contributed by atoms with van der Waals surface area (Å²) in [6.45, 7) is 8.07. The molecule has 0 unspecified atom stereocenters. The number of hydrogen-bond donors (Lipinski definition) is 1. The monoisotopic (exact) mass is 419 g/mol. The zero-order valence-corrected chi connectivity index (χ0v) is 17.4. The number of aromatic nitrogens is 1. The number of allylic oxidation sites excluding steroid dienone is 1. The molecule has 0 aliphatic heterocycles. The van der Waals surface area contributed by atoms with E-state index < -0.39 is 0 Å². The van der Waals surface area contributed by atoms with Crippen LogP contribution in [-0.2, 0) is 4.74 Å². The lowest BCUT2D eigenvalue weighted by atomic mass is 9.97. The molecule has 1 aromatic heterocycles. The fourth-order valence-corrected chi connectivity index (χ4v) is 3.52. The Balaban J connectivity index is 2.47. The number of methoxy groups -OCH3 is 1. The average Bonchev–Trinajstić information content (AvgIpc) is 2.76. The zero-order chi connectivity index (χ0) is 21.9. The third-order valence-corrected chi connectivity index (χ3v) is 5.06. The number of nitriles is 2. The van der Waals surface area contributed by atoms with Gasteiger partial charge in [-0.05, 0) is 30.0 Å². The molecule has 2 aromatic rings. The SMILES string of the molecule is C=C/C(=C\N=C)CSc1nc(N)c(C#N)c(-c2ccc(OCCOC)cc2)c1C#N. The van der Waals surface area contributed by atoms with Crippen LogP contribution in [-0.4, -0.2) is 37.8 Å². The van der Waals surface area contributed by atoms with Gasteiger partial charge in [-0.1, -0.05) is 24.8 Å². The minimum atomic E-state index is 0.0698. The van der Waals surface area contributed by atoms with Crippen LogP contribution in [0.25, 0.3) is 11.1 Å². The fourth-order valence-electron chi connectivity index (χ4n) is 2.57. The van der Waals surface area contributed by atoms with Crippen LogP contribution in [0.2, 0.25) is 0 Å². The number of thioether (sulfide) groups is 1. The molecule has 0 saturated heterocycles. The first-order valence-electron chi connectivity index (χ1n) is 8.85. The average molecular weight is 420 g/mol. The second kappa shape index (κ2) is 11.4. The van der Waals surface area contributed by atoms with E-state index in [2.05, 4.69) is 35.4 Å². The molecular weight excluding hydrogens is 398 g/mol. The highest BCUT2D eigenvalue weighted by molar-refractivity contribution is 7.99. The quantitative estimate of drug-likeness (QED) is 0.268. The van der Waals surface area contributed by atoms with Crippen LogP contribution in [0.5, 0.6) is 5.75 Å². The first-order valence-corrected chi connectivity index (χ1v) is 9.84. The Labute approximate surface area is 180 Å². The van der Waals surface area contributed by atoms with E-state index >= 15 is 0 Å². The third kappa shape index (κ3) is 5.48. The highest BCUT2D eigenvalue weighted by Gasteiger charge is 2.20. The van der Waals surface area contributed by atoms with Gasteiger partial charge in [-0.3, -0.25) is 4.99 Å². The lowest BCUT2D eigenvalue weighted by Crippen LogP contribution is -2.05. The molecule has 1 aromatic carbocycles. The molecule has 0 fully saturated rings. The fraction of sp³-hybridized carbons (Fsp3) is 0.182. The molecule has 2 rings (SSSR count). The van der Waals surface area contributed by atoms with E-state index in [1.807, 2.05) is 0 Å². The standard InChI is InChI=1S/C22H21N5O2S/c1-4-15(13-26-2)14-30-22-19(12-24)20(18(11-23)21(25)27-22)16-5-7-17(8-6-16)29-10-9-28-3/h4-8,13H,1-2,9-10,14H2,3H3,(H2,25,27)/b15-13+. The van der Waals surface area contributed by atoms with Gasteiger partial charge in [0.25, 0.3) is 0 Å². The van der Waals surface area contributed by atoms with E-state index in [-0.39, 0.29) is 16.9 Å². The number of nitrogens with zero attached hydrogens (tertiary/aromatic N) is 4. The minimum Gasteiger partial charge on any atom is -0.491 e. The summed E-state index contributed by atoms with van der Waals surface area (Å²) in [4.78, 5) is 8.02. The van der Waals surface area contributed by atoms with Crippen molar-refractivity contribution in [1.82, 2.24) is 4.98 Å². The normalized spacial score (nSPS) is 10.7. The molecule has 0 bridgehead atoms. The predicted octanol–water partition coefficient (Wildman–Crippen LogP) is 3.96. The number of nitrogens with two attached hydrogens (primary N) is 1. The number of anilines is 1. The smallest absolute Gasteiger partial charge is 0.143 e. The Kier molecular flexibility index (Phi) is 8.64. The van der Waals surface area contributed by atoms with Gasteiger partial charge in [-0.2, -0.15) is 10.5 Å². The largest absolute Gasteiger partial charge is 0.491 e. The van der Waals surface area contributed by atoms with Crippen molar-refractivity contribution in [3.05, 3.63) is 59.8 Å². The van der Waals surface area contributed by atoms with Gasteiger partial charge in [0.15, 0.2) is 0 Å². The third-order valence-electron chi connectivity index (χ3n) is 4.01. The molecule has 7 nitrogen and oxygen atoms in total. The van der Waals surface area contributed by atoms with Gasteiger partial charge in [0.05, 0.1) is 12.2 Å². The molecule has 2 N–H and O–H groups in total. The lowest BCUT2D eigenvalue weighted by Gasteiger charge is -2.13. The van der Waals surface area contributed by atoms with E-state index in [1.54, 1.807) is 43.7 Å². The van der Waals surface area contributed by atoms with E-state index in [0.717, 1.165) is 5.57 Å². The first-order chi connectivity index (χ1) is 14.6. The number of pyridine rings is 1. The Morgan fingerprint density at radius 3 is 2.50 bits per heavy atom. The molecule has 8 heteroatoms. The summed E-state index contributed by atoms with van der Waals surface area (Å²) >= 11 is 1.31. The molecule has 0 aliphatic carbocycles. The summed E-state index contributed by atoms with van der Waals surface area (Å²) in [5.41, 5.74) is 8.44. The Bertz CT molecular complexity index is 1030. The number of ether oxygens (including phenoxy) is 2. The van der Waals surface area contributed by atoms with E-state index in [0.29, 0.717) is 40.9 Å². The van der Waals surface area contributed by atoms with Crippen LogP contribution in [0.4, 0.5) is 5.82 Å². The van der Waals surface area contributed by atoms with Gasteiger partial charge in [-0.25, -0.2) is 4.98 Å². The van der Waals surface area contributed by atoms with Gasteiger partial charge in [0.1, 0.15) is 40.9 Å². The van der Waals surface area contributed by atoms with Crippen LogP contribution < -0.4 is 10.5 Å². The lowest BCUT2D eigenvalue weighted by molar-refractivity contribution is 0.146. The van der Waals surface area contributed by atoms with Crippen molar-refractivity contribution in [2.45, 2.75) is 5.03 Å². The topological polar surface area (TPSA) is 117 Å². The molecule has 0 radical (unpaired) electrons. The van der Waals surface area contributed by atoms with Crippen LogP contribution in [0.3, 0.4) is 0 Å². The first kappa shape index (κ1) is 22.7. The Morgan fingerprint density at radius 1 is 1.23 bits per heavy atom. The van der Waals surface area contributed by atoms with Crippen molar-refractivity contribution in [1.29, 1.82) is 10.5 Å². The summed E-state index contributed by atoms with van der Waals surface area (Å²) in [7, 11) is 1.60. The predicted molar refractivity (Wildman–Crippen MR) is 119 cm³/mol. The number of hydrogen-bond acceptors (Lipinski definition) is 8. The number of benzene rings is 1. The maximum atomic E-state index is 9.84. The van der Waals surface area contributed by atoms with Crippen molar-refractivity contribution in [3.8, 4) is 29.0 Å². The number of aliphatic imine (C=N–C) groups is 1. The van der Waals surface area contributed by atoms with Crippen LogP contribution in [0.15, 0.2) is 58.7 Å². The van der Waals surface area contributed by atoms with E-state index in [1.165, 1.54) is 11.8 Å². The molecule has 30 heavy (non-hydrogen) atoms. The summed E-state index contributed by atoms with van der Waals surface area (Å²) in [6.07, 6.45) is 3.24. The van der Waals surface area contributed by atoms with E-state index in [4.69, 9.17) is 15.2 Å². The van der Waals surface area contributed by atoms with Gasteiger partial charge in [0, 0.05) is 24.6 Å². The van der Waals surface area contributed by atoms with Crippen molar-refractivity contribution >= 4 is 24.3 Å². The maximum absolute atomic E-state index is 9.84. The van der Waals surface area contributed by atoms with Crippen LogP contribution >= 0.6 is 11.8 Å². The Hall–Kier alpha value is -3.59. The van der Waals surface area contributed by atoms with Gasteiger partial charge < -0.3 is 15.2 Å². The zero-order valence-electron chi connectivity index (χ0n) is 16.6. The number of nitrogen functional groups attached to an aromatic ring is 1. The molecule has 0 aliphatic rings. The van der Waals surface area contributed by atoms with Crippen molar-refractivity contribution in [2.24, 2.45) is 4.99 Å². The summed E-state index contributed by atoms with van der Waals surface area (Å²) in [6, 6.07) is 11.3. The summed E-state index contributed by atoms with van der Waals surface area (Å²) in [5, 5.41) is 19.9. The molecule has 0 amide bonds. The molecule has 1 heterocycles. The summed E-state index contributed by atoms with van der Waals surface area (Å²) < 4.78 is 10.5. The highest BCUT2D eigenvalue weighted by Crippen LogP contribution is 2.36. The maximum Gasteiger partial charge on any atom is 0.143 e. The molecule has 0 atom stereocenters. The second-order valence-electron chi connectivity index (χ2n) is 5.90. The molecular formula is C22H21N5O2S. The minimum absolute atomic E-state index is 0.0698. The van der Waals surface area contributed by atoms with E-state index in [9.17, 15) is 10.5 Å². The van der Waals surface area contributed by atoms with Gasteiger partial charge >= 0.3 is 0 Å². The van der Waals surface area contributed by atoms with Crippen molar-refractivity contribution in [3.63, 3.8) is 0 Å². The number of rotatable bonds is 10. The molecule has 0 saturated carbocycles.